The molecule has 1 atom stereocenters. The highest BCUT2D eigenvalue weighted by atomic mass is 16.7. The molecular weight excluding hydrogens is 172 g/mol. The van der Waals surface area contributed by atoms with Gasteiger partial charge in [-0.15, -0.1) is 0 Å². The van der Waals surface area contributed by atoms with Gasteiger partial charge in [0.25, 0.3) is 0 Å². The third kappa shape index (κ3) is 7.49. The second-order valence-electron chi connectivity index (χ2n) is 2.39. The van der Waals surface area contributed by atoms with Gasteiger partial charge in [-0.2, -0.15) is 0 Å². The monoisotopic (exact) mass is 188 g/mol. The first-order valence-electron chi connectivity index (χ1n) is 4.16. The molecular formula is C9H16O4. The van der Waals surface area contributed by atoms with E-state index in [0.29, 0.717) is 6.61 Å². The lowest BCUT2D eigenvalue weighted by Crippen LogP contribution is -2.08. The molecule has 4 heteroatoms. The molecule has 13 heavy (non-hydrogen) atoms. The van der Waals surface area contributed by atoms with Gasteiger partial charge in [-0.05, 0) is 19.9 Å². The van der Waals surface area contributed by atoms with Crippen LogP contribution >= 0.6 is 0 Å². The Morgan fingerprint density at radius 2 is 2.23 bits per heavy atom. The standard InChI is InChI=1S/C9H16O4/c1-4-12-9(10)6-5-8(2)13-7-11-3/h5-6,8H,4,7H2,1-3H3/b6-5-. The maximum atomic E-state index is 10.8. The number of hydrogen-bond donors (Lipinski definition) is 0. The van der Waals surface area contributed by atoms with Gasteiger partial charge in [0.1, 0.15) is 6.79 Å². The normalized spacial score (nSPS) is 13.2. The molecule has 0 aliphatic carbocycles. The van der Waals surface area contributed by atoms with E-state index in [2.05, 4.69) is 4.74 Å². The lowest BCUT2D eigenvalue weighted by molar-refractivity contribution is -0.137. The quantitative estimate of drug-likeness (QED) is 0.356. The van der Waals surface area contributed by atoms with Gasteiger partial charge in [0.15, 0.2) is 0 Å². The molecule has 0 aliphatic heterocycles. The topological polar surface area (TPSA) is 44.8 Å². The smallest absolute Gasteiger partial charge is 0.330 e. The predicted molar refractivity (Wildman–Crippen MR) is 48.2 cm³/mol. The van der Waals surface area contributed by atoms with Crippen LogP contribution in [0.15, 0.2) is 12.2 Å². The summed E-state index contributed by atoms with van der Waals surface area (Å²) in [6, 6.07) is 0. The van der Waals surface area contributed by atoms with Crippen LogP contribution in [0, 0.1) is 0 Å². The van der Waals surface area contributed by atoms with Gasteiger partial charge >= 0.3 is 5.97 Å². The predicted octanol–water partition coefficient (Wildman–Crippen LogP) is 1.11. The Morgan fingerprint density at radius 3 is 2.77 bits per heavy atom. The van der Waals surface area contributed by atoms with Crippen molar-refractivity contribution in [2.75, 3.05) is 20.5 Å². The highest BCUT2D eigenvalue weighted by Gasteiger charge is 1.98. The number of esters is 1. The van der Waals surface area contributed by atoms with Gasteiger partial charge in [0.05, 0.1) is 12.7 Å². The van der Waals surface area contributed by atoms with Crippen LogP contribution in [0.5, 0.6) is 0 Å². The van der Waals surface area contributed by atoms with E-state index in [9.17, 15) is 4.79 Å². The molecule has 1 unspecified atom stereocenters. The van der Waals surface area contributed by atoms with E-state index in [1.807, 2.05) is 6.92 Å². The summed E-state index contributed by atoms with van der Waals surface area (Å²) in [5, 5.41) is 0. The molecule has 0 fully saturated rings. The minimum absolute atomic E-state index is 0.149. The van der Waals surface area contributed by atoms with Crippen molar-refractivity contribution >= 4 is 5.97 Å². The fourth-order valence-corrected chi connectivity index (χ4v) is 0.635. The number of rotatable bonds is 6. The maximum Gasteiger partial charge on any atom is 0.330 e. The first-order valence-corrected chi connectivity index (χ1v) is 4.16. The van der Waals surface area contributed by atoms with E-state index < -0.39 is 0 Å². The largest absolute Gasteiger partial charge is 0.463 e. The zero-order valence-electron chi connectivity index (χ0n) is 8.28. The molecule has 0 aliphatic rings. The summed E-state index contributed by atoms with van der Waals surface area (Å²) in [5.41, 5.74) is 0. The Labute approximate surface area is 78.5 Å². The van der Waals surface area contributed by atoms with Gasteiger partial charge in [-0.3, -0.25) is 0 Å². The second-order valence-corrected chi connectivity index (χ2v) is 2.39. The van der Waals surface area contributed by atoms with Gasteiger partial charge in [-0.1, -0.05) is 0 Å². The van der Waals surface area contributed by atoms with Crippen LogP contribution in [0.2, 0.25) is 0 Å². The van der Waals surface area contributed by atoms with Crippen molar-refractivity contribution in [3.05, 3.63) is 12.2 Å². The van der Waals surface area contributed by atoms with Crippen molar-refractivity contribution in [1.82, 2.24) is 0 Å². The fraction of sp³-hybridized carbons (Fsp3) is 0.667. The summed E-state index contributed by atoms with van der Waals surface area (Å²) < 4.78 is 14.5. The van der Waals surface area contributed by atoms with Gasteiger partial charge in [-0.25, -0.2) is 4.79 Å². The zero-order valence-corrected chi connectivity index (χ0v) is 8.28. The van der Waals surface area contributed by atoms with Crippen LogP contribution in [0.1, 0.15) is 13.8 Å². The van der Waals surface area contributed by atoms with Crippen molar-refractivity contribution in [3.8, 4) is 0 Å². The van der Waals surface area contributed by atoms with Gasteiger partial charge in [0, 0.05) is 13.2 Å². The fourth-order valence-electron chi connectivity index (χ4n) is 0.635. The van der Waals surface area contributed by atoms with Crippen LogP contribution in [-0.4, -0.2) is 32.6 Å². The number of methoxy groups -OCH3 is 1. The molecule has 4 nitrogen and oxygen atoms in total. The van der Waals surface area contributed by atoms with Crippen LogP contribution in [0.3, 0.4) is 0 Å². The summed E-state index contributed by atoms with van der Waals surface area (Å²) >= 11 is 0. The molecule has 0 saturated heterocycles. The summed E-state index contributed by atoms with van der Waals surface area (Å²) in [6.45, 7) is 4.18. The SMILES string of the molecule is CCOC(=O)/C=C\C(C)OCOC. The Bertz CT molecular complexity index is 165. The molecule has 0 N–H and O–H groups in total. The van der Waals surface area contributed by atoms with E-state index in [1.54, 1.807) is 20.1 Å². The molecule has 0 bridgehead atoms. The lowest BCUT2D eigenvalue weighted by Gasteiger charge is -2.06. The van der Waals surface area contributed by atoms with Crippen LogP contribution in [0.25, 0.3) is 0 Å². The first-order chi connectivity index (χ1) is 6.20. The molecule has 0 aromatic heterocycles. The minimum atomic E-state index is -0.352. The second kappa shape index (κ2) is 7.76. The minimum Gasteiger partial charge on any atom is -0.463 e. The van der Waals surface area contributed by atoms with Crippen molar-refractivity contribution in [3.63, 3.8) is 0 Å². The average molecular weight is 188 g/mol. The van der Waals surface area contributed by atoms with Gasteiger partial charge < -0.3 is 14.2 Å². The van der Waals surface area contributed by atoms with Crippen molar-refractivity contribution < 1.29 is 19.0 Å². The number of hydrogen-bond acceptors (Lipinski definition) is 4. The van der Waals surface area contributed by atoms with E-state index in [4.69, 9.17) is 9.47 Å². The van der Waals surface area contributed by atoms with Crippen molar-refractivity contribution in [2.45, 2.75) is 20.0 Å². The lowest BCUT2D eigenvalue weighted by atomic mass is 10.3. The number of carbonyl (C=O) groups is 1. The Hall–Kier alpha value is -0.870. The van der Waals surface area contributed by atoms with Crippen LogP contribution in [0.4, 0.5) is 0 Å². The van der Waals surface area contributed by atoms with Crippen LogP contribution < -0.4 is 0 Å². The summed E-state index contributed by atoms with van der Waals surface area (Å²) in [5.74, 6) is -0.352. The number of ether oxygens (including phenoxy) is 3. The van der Waals surface area contributed by atoms with Crippen molar-refractivity contribution in [2.24, 2.45) is 0 Å². The van der Waals surface area contributed by atoms with Crippen LogP contribution in [-0.2, 0) is 19.0 Å². The third-order valence-electron chi connectivity index (χ3n) is 1.24. The molecule has 76 valence electrons. The zero-order chi connectivity index (χ0) is 10.1. The van der Waals surface area contributed by atoms with E-state index in [1.165, 1.54) is 6.08 Å². The average Bonchev–Trinajstić information content (AvgIpc) is 2.12. The molecule has 0 aromatic rings. The Kier molecular flexibility index (Phi) is 7.24. The Morgan fingerprint density at radius 1 is 1.54 bits per heavy atom. The highest BCUT2D eigenvalue weighted by molar-refractivity contribution is 5.81. The maximum absolute atomic E-state index is 10.8. The van der Waals surface area contributed by atoms with E-state index in [0.717, 1.165) is 0 Å². The highest BCUT2D eigenvalue weighted by Crippen LogP contribution is 1.93. The molecule has 0 heterocycles. The summed E-state index contributed by atoms with van der Waals surface area (Å²) in [7, 11) is 1.54. The first kappa shape index (κ1) is 12.1. The molecule has 0 amide bonds. The van der Waals surface area contributed by atoms with E-state index in [-0.39, 0.29) is 18.9 Å². The Balaban J connectivity index is 3.62. The molecule has 0 radical (unpaired) electrons. The molecule has 0 rings (SSSR count). The van der Waals surface area contributed by atoms with Crippen molar-refractivity contribution in [1.29, 1.82) is 0 Å². The molecule has 0 saturated carbocycles. The summed E-state index contributed by atoms with van der Waals surface area (Å²) in [6.07, 6.45) is 2.82. The number of carbonyl (C=O) groups excluding carboxylic acids is 1. The van der Waals surface area contributed by atoms with Gasteiger partial charge in [0.2, 0.25) is 0 Å². The third-order valence-corrected chi connectivity index (χ3v) is 1.24. The summed E-state index contributed by atoms with van der Waals surface area (Å²) in [4.78, 5) is 10.8. The van der Waals surface area contributed by atoms with E-state index >= 15 is 0 Å². The molecule has 0 aromatic carbocycles. The molecule has 0 spiro atoms.